The summed E-state index contributed by atoms with van der Waals surface area (Å²) in [6.45, 7) is 0. The van der Waals surface area contributed by atoms with Crippen molar-refractivity contribution in [2.24, 2.45) is 0 Å². The van der Waals surface area contributed by atoms with Crippen LogP contribution in [0.15, 0.2) is 54.2 Å². The number of carbonyl (C=O) groups is 2. The quantitative estimate of drug-likeness (QED) is 0.670. The summed E-state index contributed by atoms with van der Waals surface area (Å²) in [6.07, 6.45) is -1.37. The molecule has 0 aliphatic heterocycles. The monoisotopic (exact) mass is 392 g/mol. The highest BCUT2D eigenvalue weighted by molar-refractivity contribution is 7.13. The molecule has 27 heavy (non-hydrogen) atoms. The molecule has 3 rings (SSSR count). The van der Waals surface area contributed by atoms with E-state index in [1.807, 2.05) is 0 Å². The van der Waals surface area contributed by atoms with Crippen LogP contribution in [-0.4, -0.2) is 21.8 Å². The lowest BCUT2D eigenvalue weighted by Crippen LogP contribution is -2.41. The van der Waals surface area contributed by atoms with Crippen LogP contribution in [0.5, 0.6) is 0 Å². The first-order chi connectivity index (χ1) is 12.8. The standard InChI is InChI=1S/C17H11F3N4O2S/c18-17(19,20)12-5-1-3-10(7-12)14(25)23-24-15(26)13-9-27-16(22-13)11-4-2-6-21-8-11/h1-9H,(H,23,25)(H,24,26). The lowest BCUT2D eigenvalue weighted by atomic mass is 10.1. The van der Waals surface area contributed by atoms with E-state index in [-0.39, 0.29) is 11.3 Å². The molecule has 0 spiro atoms. The summed E-state index contributed by atoms with van der Waals surface area (Å²) in [4.78, 5) is 32.1. The zero-order valence-electron chi connectivity index (χ0n) is 13.4. The second-order valence-corrected chi connectivity index (χ2v) is 6.12. The third-order valence-electron chi connectivity index (χ3n) is 3.39. The molecule has 0 fully saturated rings. The van der Waals surface area contributed by atoms with Crippen molar-refractivity contribution >= 4 is 23.2 Å². The van der Waals surface area contributed by atoms with Crippen LogP contribution in [0.1, 0.15) is 26.4 Å². The van der Waals surface area contributed by atoms with Gasteiger partial charge in [-0.3, -0.25) is 25.4 Å². The van der Waals surface area contributed by atoms with E-state index in [0.29, 0.717) is 11.1 Å². The fraction of sp³-hybridized carbons (Fsp3) is 0.0588. The number of pyridine rings is 1. The molecule has 10 heteroatoms. The van der Waals surface area contributed by atoms with Gasteiger partial charge in [-0.15, -0.1) is 11.3 Å². The molecule has 0 saturated carbocycles. The first kappa shape index (κ1) is 18.5. The zero-order chi connectivity index (χ0) is 19.4. The molecule has 0 aliphatic carbocycles. The third-order valence-corrected chi connectivity index (χ3v) is 4.28. The number of hydrazine groups is 1. The van der Waals surface area contributed by atoms with Crippen LogP contribution in [-0.2, 0) is 6.18 Å². The molecule has 0 unspecified atom stereocenters. The van der Waals surface area contributed by atoms with E-state index in [1.165, 1.54) is 22.8 Å². The van der Waals surface area contributed by atoms with E-state index in [0.717, 1.165) is 17.7 Å². The predicted octanol–water partition coefficient (Wildman–Crippen LogP) is 3.30. The molecule has 0 radical (unpaired) electrons. The van der Waals surface area contributed by atoms with E-state index in [4.69, 9.17) is 0 Å². The average molecular weight is 392 g/mol. The fourth-order valence-corrected chi connectivity index (χ4v) is 2.88. The maximum Gasteiger partial charge on any atom is 0.416 e. The Labute approximate surface area is 155 Å². The van der Waals surface area contributed by atoms with Crippen molar-refractivity contribution < 1.29 is 22.8 Å². The van der Waals surface area contributed by atoms with Crippen LogP contribution in [0.2, 0.25) is 0 Å². The highest BCUT2D eigenvalue weighted by Gasteiger charge is 2.30. The Balaban J connectivity index is 1.64. The van der Waals surface area contributed by atoms with Crippen LogP contribution >= 0.6 is 11.3 Å². The number of halogens is 3. The van der Waals surface area contributed by atoms with Gasteiger partial charge in [-0.2, -0.15) is 13.2 Å². The van der Waals surface area contributed by atoms with Crippen molar-refractivity contribution in [3.63, 3.8) is 0 Å². The first-order valence-corrected chi connectivity index (χ1v) is 8.36. The topological polar surface area (TPSA) is 84.0 Å². The zero-order valence-corrected chi connectivity index (χ0v) is 14.3. The second kappa shape index (κ2) is 7.54. The molecule has 6 nitrogen and oxygen atoms in total. The van der Waals surface area contributed by atoms with Crippen LogP contribution in [0.25, 0.3) is 10.6 Å². The van der Waals surface area contributed by atoms with Crippen molar-refractivity contribution in [3.8, 4) is 10.6 Å². The molecule has 0 bridgehead atoms. The number of aromatic nitrogens is 2. The van der Waals surface area contributed by atoms with E-state index in [9.17, 15) is 22.8 Å². The molecule has 2 amide bonds. The fourth-order valence-electron chi connectivity index (χ4n) is 2.09. The van der Waals surface area contributed by atoms with Gasteiger partial charge in [0.05, 0.1) is 5.56 Å². The van der Waals surface area contributed by atoms with Gasteiger partial charge < -0.3 is 0 Å². The SMILES string of the molecule is O=C(NNC(=O)c1csc(-c2cccnc2)n1)c1cccc(C(F)(F)F)c1. The summed E-state index contributed by atoms with van der Waals surface area (Å²) in [5.74, 6) is -1.57. The van der Waals surface area contributed by atoms with Crippen molar-refractivity contribution in [2.45, 2.75) is 6.18 Å². The van der Waals surface area contributed by atoms with Gasteiger partial charge in [0, 0.05) is 28.9 Å². The molecular formula is C17H11F3N4O2S. The van der Waals surface area contributed by atoms with Crippen molar-refractivity contribution in [1.82, 2.24) is 20.8 Å². The van der Waals surface area contributed by atoms with Crippen LogP contribution < -0.4 is 10.9 Å². The number of rotatable bonds is 3. The Morgan fingerprint density at radius 1 is 1.04 bits per heavy atom. The Morgan fingerprint density at radius 3 is 2.52 bits per heavy atom. The number of alkyl halides is 3. The number of nitrogens with zero attached hydrogens (tertiary/aromatic N) is 2. The Hall–Kier alpha value is -3.27. The van der Waals surface area contributed by atoms with Gasteiger partial charge >= 0.3 is 6.18 Å². The summed E-state index contributed by atoms with van der Waals surface area (Å²) < 4.78 is 38.1. The molecule has 138 valence electrons. The van der Waals surface area contributed by atoms with Crippen LogP contribution in [0.3, 0.4) is 0 Å². The summed E-state index contributed by atoms with van der Waals surface area (Å²) in [7, 11) is 0. The average Bonchev–Trinajstić information content (AvgIpc) is 3.16. The van der Waals surface area contributed by atoms with Crippen LogP contribution in [0, 0.1) is 0 Å². The van der Waals surface area contributed by atoms with E-state index >= 15 is 0 Å². The largest absolute Gasteiger partial charge is 0.416 e. The molecule has 0 saturated heterocycles. The Morgan fingerprint density at radius 2 is 1.81 bits per heavy atom. The minimum Gasteiger partial charge on any atom is -0.267 e. The lowest BCUT2D eigenvalue weighted by molar-refractivity contribution is -0.137. The first-order valence-electron chi connectivity index (χ1n) is 7.48. The number of hydrogen-bond acceptors (Lipinski definition) is 5. The van der Waals surface area contributed by atoms with Gasteiger partial charge in [-0.1, -0.05) is 6.07 Å². The number of thiazole rings is 1. The number of benzene rings is 1. The van der Waals surface area contributed by atoms with E-state index in [1.54, 1.807) is 24.5 Å². The van der Waals surface area contributed by atoms with Gasteiger partial charge in [0.15, 0.2) is 0 Å². The van der Waals surface area contributed by atoms with Gasteiger partial charge in [0.25, 0.3) is 11.8 Å². The molecule has 2 N–H and O–H groups in total. The molecule has 1 aromatic carbocycles. The van der Waals surface area contributed by atoms with Crippen molar-refractivity contribution in [2.75, 3.05) is 0 Å². The summed E-state index contributed by atoms with van der Waals surface area (Å²) in [5, 5.41) is 2.06. The molecule has 0 aliphatic rings. The van der Waals surface area contributed by atoms with Crippen LogP contribution in [0.4, 0.5) is 13.2 Å². The molecule has 2 heterocycles. The third kappa shape index (κ3) is 4.47. The number of carbonyl (C=O) groups excluding carboxylic acids is 2. The minimum absolute atomic E-state index is 0.0585. The lowest BCUT2D eigenvalue weighted by Gasteiger charge is -2.09. The summed E-state index contributed by atoms with van der Waals surface area (Å²) in [5.41, 5.74) is 3.80. The number of hydrogen-bond donors (Lipinski definition) is 2. The second-order valence-electron chi connectivity index (χ2n) is 5.27. The molecule has 0 atom stereocenters. The van der Waals surface area contributed by atoms with Gasteiger partial charge in [-0.05, 0) is 30.3 Å². The maximum absolute atomic E-state index is 12.7. The van der Waals surface area contributed by atoms with Gasteiger partial charge in [0.1, 0.15) is 10.7 Å². The normalized spacial score (nSPS) is 11.1. The Kier molecular flexibility index (Phi) is 5.17. The highest BCUT2D eigenvalue weighted by atomic mass is 32.1. The molecule has 2 aromatic heterocycles. The predicted molar refractivity (Wildman–Crippen MR) is 91.7 cm³/mol. The van der Waals surface area contributed by atoms with Gasteiger partial charge in [-0.25, -0.2) is 4.98 Å². The molecule has 3 aromatic rings. The number of amides is 2. The highest BCUT2D eigenvalue weighted by Crippen LogP contribution is 2.29. The minimum atomic E-state index is -4.57. The Bertz CT molecular complexity index is 974. The summed E-state index contributed by atoms with van der Waals surface area (Å²) in [6, 6.07) is 7.38. The van der Waals surface area contributed by atoms with Crippen molar-refractivity contribution in [1.29, 1.82) is 0 Å². The van der Waals surface area contributed by atoms with E-state index in [2.05, 4.69) is 20.8 Å². The van der Waals surface area contributed by atoms with Gasteiger partial charge in [0.2, 0.25) is 0 Å². The van der Waals surface area contributed by atoms with E-state index < -0.39 is 23.6 Å². The maximum atomic E-state index is 12.7. The smallest absolute Gasteiger partial charge is 0.267 e. The van der Waals surface area contributed by atoms with Crippen molar-refractivity contribution in [3.05, 3.63) is 71.0 Å². The molecular weight excluding hydrogens is 381 g/mol. The summed E-state index contributed by atoms with van der Waals surface area (Å²) >= 11 is 1.22. The number of nitrogens with one attached hydrogen (secondary N) is 2.